The third kappa shape index (κ3) is 4.87. The van der Waals surface area contributed by atoms with Crippen LogP contribution in [0.1, 0.15) is 41.6 Å². The van der Waals surface area contributed by atoms with Crippen LogP contribution in [0.4, 0.5) is 13.2 Å². The Balaban J connectivity index is 2.13. The maximum atomic E-state index is 12.9. The Hall–Kier alpha value is -1.76. The number of amides is 1. The van der Waals surface area contributed by atoms with Crippen LogP contribution in [0.25, 0.3) is 0 Å². The molecule has 1 aromatic carbocycles. The molecule has 8 heteroatoms. The topological polar surface area (TPSA) is 57.6 Å². The molecular weight excluding hydrogens is 347 g/mol. The molecule has 1 amide bonds. The molecule has 0 radical (unpaired) electrons. The molecule has 1 aliphatic heterocycles. The summed E-state index contributed by atoms with van der Waals surface area (Å²) in [7, 11) is 0. The van der Waals surface area contributed by atoms with Gasteiger partial charge in [0.1, 0.15) is 0 Å². The van der Waals surface area contributed by atoms with Crippen LogP contribution < -0.4 is 0 Å². The molecule has 0 aromatic heterocycles. The second-order valence-corrected chi connectivity index (χ2v) is 6.35. The highest BCUT2D eigenvalue weighted by molar-refractivity contribution is 6.31. The van der Waals surface area contributed by atoms with Crippen molar-refractivity contribution in [2.24, 2.45) is 5.92 Å². The van der Waals surface area contributed by atoms with E-state index < -0.39 is 23.6 Å². The first-order valence-electron chi connectivity index (χ1n) is 7.55. The summed E-state index contributed by atoms with van der Waals surface area (Å²) in [5.41, 5.74) is -1.06. The van der Waals surface area contributed by atoms with Gasteiger partial charge in [-0.1, -0.05) is 11.6 Å². The highest BCUT2D eigenvalue weighted by Gasteiger charge is 2.32. The number of hydrogen-bond acceptors (Lipinski definition) is 2. The molecule has 2 rings (SSSR count). The van der Waals surface area contributed by atoms with Crippen LogP contribution in [0.2, 0.25) is 5.02 Å². The highest BCUT2D eigenvalue weighted by Crippen LogP contribution is 2.32. The average molecular weight is 364 g/mol. The third-order valence-electron chi connectivity index (χ3n) is 4.04. The molecule has 1 fully saturated rings. The van der Waals surface area contributed by atoms with Crippen molar-refractivity contribution in [3.05, 3.63) is 34.3 Å². The molecule has 0 bridgehead atoms. The molecule has 1 aliphatic rings. The van der Waals surface area contributed by atoms with E-state index in [1.807, 2.05) is 0 Å². The number of hydrogen-bond donors (Lipinski definition) is 1. The number of alkyl halides is 3. The minimum Gasteiger partial charge on any atom is -0.481 e. The normalized spacial score (nSPS) is 18.5. The first kappa shape index (κ1) is 18.6. The van der Waals surface area contributed by atoms with E-state index in [-0.39, 0.29) is 22.9 Å². The van der Waals surface area contributed by atoms with Gasteiger partial charge in [0.15, 0.2) is 0 Å². The summed E-state index contributed by atoms with van der Waals surface area (Å²) in [5.74, 6) is -1.37. The lowest BCUT2D eigenvalue weighted by molar-refractivity contribution is -0.138. The van der Waals surface area contributed by atoms with Crippen LogP contribution in [0, 0.1) is 5.92 Å². The number of carbonyl (C=O) groups excluding carboxylic acids is 1. The lowest BCUT2D eigenvalue weighted by Crippen LogP contribution is -2.40. The van der Waals surface area contributed by atoms with Crippen molar-refractivity contribution in [1.82, 2.24) is 4.90 Å². The van der Waals surface area contributed by atoms with Gasteiger partial charge in [-0.3, -0.25) is 9.59 Å². The SMILES string of the molecule is O=C(O)CCC1CCCN(C(=O)c2cc(Cl)cc(C(F)(F)F)c2)C1. The maximum Gasteiger partial charge on any atom is 0.416 e. The fourth-order valence-corrected chi connectivity index (χ4v) is 3.11. The molecule has 1 unspecified atom stereocenters. The number of piperidine rings is 1. The Bertz CT molecular complexity index is 633. The largest absolute Gasteiger partial charge is 0.481 e. The number of likely N-dealkylation sites (tertiary alicyclic amines) is 1. The van der Waals surface area contributed by atoms with E-state index in [1.54, 1.807) is 0 Å². The highest BCUT2D eigenvalue weighted by atomic mass is 35.5. The van der Waals surface area contributed by atoms with E-state index in [9.17, 15) is 22.8 Å². The fourth-order valence-electron chi connectivity index (χ4n) is 2.87. The van der Waals surface area contributed by atoms with Gasteiger partial charge in [-0.15, -0.1) is 0 Å². The van der Waals surface area contributed by atoms with Gasteiger partial charge in [-0.05, 0) is 43.4 Å². The Morgan fingerprint density at radius 2 is 2.00 bits per heavy atom. The van der Waals surface area contributed by atoms with Crippen LogP contribution in [-0.2, 0) is 11.0 Å². The van der Waals surface area contributed by atoms with Crippen LogP contribution >= 0.6 is 11.6 Å². The predicted octanol–water partition coefficient (Wildman–Crippen LogP) is 4.08. The second kappa shape index (κ2) is 7.42. The molecule has 1 N–H and O–H groups in total. The Kier molecular flexibility index (Phi) is 5.74. The average Bonchev–Trinajstić information content (AvgIpc) is 2.51. The molecule has 1 saturated heterocycles. The van der Waals surface area contributed by atoms with E-state index >= 15 is 0 Å². The molecule has 1 heterocycles. The van der Waals surface area contributed by atoms with Crippen LogP contribution in [0.15, 0.2) is 18.2 Å². The molecule has 0 saturated carbocycles. The summed E-state index contributed by atoms with van der Waals surface area (Å²) in [6, 6.07) is 2.80. The Morgan fingerprint density at radius 1 is 1.29 bits per heavy atom. The molecular formula is C16H17ClF3NO3. The summed E-state index contributed by atoms with van der Waals surface area (Å²) in [5, 5.41) is 8.59. The number of benzene rings is 1. The summed E-state index contributed by atoms with van der Waals surface area (Å²) in [6.07, 6.45) is -2.61. The van der Waals surface area contributed by atoms with Crippen molar-refractivity contribution in [2.75, 3.05) is 13.1 Å². The van der Waals surface area contributed by atoms with Crippen molar-refractivity contribution in [3.63, 3.8) is 0 Å². The lowest BCUT2D eigenvalue weighted by Gasteiger charge is -2.32. The van der Waals surface area contributed by atoms with Gasteiger partial charge < -0.3 is 10.0 Å². The number of carbonyl (C=O) groups is 2. The third-order valence-corrected chi connectivity index (χ3v) is 4.26. The zero-order valence-corrected chi connectivity index (χ0v) is 13.5. The molecule has 4 nitrogen and oxygen atoms in total. The number of aliphatic carboxylic acids is 1. The van der Waals surface area contributed by atoms with E-state index in [0.29, 0.717) is 25.9 Å². The quantitative estimate of drug-likeness (QED) is 0.877. The van der Waals surface area contributed by atoms with Crippen molar-refractivity contribution in [3.8, 4) is 0 Å². The van der Waals surface area contributed by atoms with E-state index in [1.165, 1.54) is 11.0 Å². The van der Waals surface area contributed by atoms with Gasteiger partial charge in [-0.25, -0.2) is 0 Å². The molecule has 132 valence electrons. The van der Waals surface area contributed by atoms with Gasteiger partial charge in [-0.2, -0.15) is 13.2 Å². The van der Waals surface area contributed by atoms with Gasteiger partial charge >= 0.3 is 12.1 Å². The molecule has 0 spiro atoms. The summed E-state index contributed by atoms with van der Waals surface area (Å²) < 4.78 is 38.6. The van der Waals surface area contributed by atoms with Gasteiger partial charge in [0.2, 0.25) is 0 Å². The van der Waals surface area contributed by atoms with Gasteiger partial charge in [0, 0.05) is 30.1 Å². The van der Waals surface area contributed by atoms with Crippen LogP contribution in [0.5, 0.6) is 0 Å². The number of halogens is 4. The first-order chi connectivity index (χ1) is 11.2. The molecule has 1 atom stereocenters. The van der Waals surface area contributed by atoms with E-state index in [0.717, 1.165) is 18.6 Å². The smallest absolute Gasteiger partial charge is 0.416 e. The zero-order valence-electron chi connectivity index (χ0n) is 12.8. The van der Waals surface area contributed by atoms with Crippen LogP contribution in [-0.4, -0.2) is 35.0 Å². The van der Waals surface area contributed by atoms with Crippen molar-refractivity contribution >= 4 is 23.5 Å². The number of nitrogens with zero attached hydrogens (tertiary/aromatic N) is 1. The number of carboxylic acids is 1. The van der Waals surface area contributed by atoms with E-state index in [2.05, 4.69) is 0 Å². The van der Waals surface area contributed by atoms with E-state index in [4.69, 9.17) is 16.7 Å². The Labute approximate surface area is 142 Å². The Morgan fingerprint density at radius 3 is 2.62 bits per heavy atom. The van der Waals surface area contributed by atoms with Crippen LogP contribution in [0.3, 0.4) is 0 Å². The monoisotopic (exact) mass is 363 g/mol. The zero-order chi connectivity index (χ0) is 17.9. The maximum absolute atomic E-state index is 12.9. The molecule has 24 heavy (non-hydrogen) atoms. The molecule has 1 aromatic rings. The molecule has 0 aliphatic carbocycles. The van der Waals surface area contributed by atoms with Gasteiger partial charge in [0.05, 0.1) is 5.56 Å². The summed E-state index contributed by atoms with van der Waals surface area (Å²) >= 11 is 5.72. The number of carboxylic acid groups (broad SMARTS) is 1. The predicted molar refractivity (Wildman–Crippen MR) is 82.0 cm³/mol. The number of rotatable bonds is 4. The van der Waals surface area contributed by atoms with Crippen molar-refractivity contribution in [2.45, 2.75) is 31.9 Å². The standard InChI is InChI=1S/C16H17ClF3NO3/c17-13-7-11(6-12(8-13)16(18,19)20)15(24)21-5-1-2-10(9-21)3-4-14(22)23/h6-8,10H,1-5,9H2,(H,22,23). The summed E-state index contributed by atoms with van der Waals surface area (Å²) in [4.78, 5) is 24.6. The first-order valence-corrected chi connectivity index (χ1v) is 7.93. The minimum absolute atomic E-state index is 0.0160. The van der Waals surface area contributed by atoms with Gasteiger partial charge in [0.25, 0.3) is 5.91 Å². The fraction of sp³-hybridized carbons (Fsp3) is 0.500. The van der Waals surface area contributed by atoms with Crippen molar-refractivity contribution < 1.29 is 27.9 Å². The second-order valence-electron chi connectivity index (χ2n) is 5.92. The lowest BCUT2D eigenvalue weighted by atomic mass is 9.93. The minimum atomic E-state index is -4.58. The summed E-state index contributed by atoms with van der Waals surface area (Å²) in [6.45, 7) is 0.788. The van der Waals surface area contributed by atoms with Crippen molar-refractivity contribution in [1.29, 1.82) is 0 Å².